The summed E-state index contributed by atoms with van der Waals surface area (Å²) < 4.78 is 5.31. The molecule has 0 bridgehead atoms. The van der Waals surface area contributed by atoms with Crippen LogP contribution >= 0.6 is 15.9 Å². The Kier molecular flexibility index (Phi) is 5.93. The van der Waals surface area contributed by atoms with Crippen LogP contribution in [0.4, 0.5) is 4.79 Å². The number of nitrogens with one attached hydrogen (secondary N) is 2. The monoisotopic (exact) mass is 312 g/mol. The Morgan fingerprint density at radius 1 is 1.39 bits per heavy atom. The lowest BCUT2D eigenvalue weighted by atomic mass is 10.2. The van der Waals surface area contributed by atoms with Gasteiger partial charge in [-0.05, 0) is 17.7 Å². The van der Waals surface area contributed by atoms with Crippen LogP contribution in [0, 0.1) is 0 Å². The number of hydrogen-bond donors (Lipinski definition) is 2. The number of benzene rings is 1. The molecule has 0 aromatic heterocycles. The smallest absolute Gasteiger partial charge is 0.325 e. The molecule has 5 nitrogen and oxygen atoms in total. The van der Waals surface area contributed by atoms with Gasteiger partial charge in [0.1, 0.15) is 6.54 Å². The van der Waals surface area contributed by atoms with Crippen molar-refractivity contribution in [3.63, 3.8) is 0 Å². The summed E-state index contributed by atoms with van der Waals surface area (Å²) in [5.74, 6) is -0.500. The fourth-order valence-electron chi connectivity index (χ4n) is 1.09. The van der Waals surface area contributed by atoms with E-state index in [1.165, 1.54) is 13.3 Å². The molecule has 0 saturated carbocycles. The third kappa shape index (κ3) is 5.01. The highest BCUT2D eigenvalue weighted by molar-refractivity contribution is 9.10. The molecule has 0 aliphatic heterocycles. The number of ether oxygens (including phenoxy) is 1. The molecule has 0 aliphatic carbocycles. The van der Waals surface area contributed by atoms with Crippen LogP contribution in [0.2, 0.25) is 0 Å². The Bertz CT molecular complexity index is 460. The standard InChI is InChI=1S/C12H13BrN2O3/c1-18-11(16)8-15-12(17)14-7-6-9-4-2-3-5-10(9)13/h2-7H,8H2,1H3,(H2,14,15,17)/b7-6+. The van der Waals surface area contributed by atoms with Crippen LogP contribution in [-0.2, 0) is 9.53 Å². The Balaban J connectivity index is 2.39. The van der Waals surface area contributed by atoms with E-state index in [9.17, 15) is 9.59 Å². The van der Waals surface area contributed by atoms with Crippen molar-refractivity contribution in [2.75, 3.05) is 13.7 Å². The number of hydrogen-bond acceptors (Lipinski definition) is 3. The van der Waals surface area contributed by atoms with Gasteiger partial charge in [-0.1, -0.05) is 34.1 Å². The van der Waals surface area contributed by atoms with Gasteiger partial charge in [0, 0.05) is 10.7 Å². The highest BCUT2D eigenvalue weighted by Crippen LogP contribution is 2.16. The maximum absolute atomic E-state index is 11.2. The zero-order valence-electron chi connectivity index (χ0n) is 9.77. The molecule has 1 aromatic rings. The summed E-state index contributed by atoms with van der Waals surface area (Å²) in [7, 11) is 1.26. The third-order valence-electron chi connectivity index (χ3n) is 2.00. The summed E-state index contributed by atoms with van der Waals surface area (Å²) in [5, 5.41) is 4.83. The van der Waals surface area contributed by atoms with Crippen LogP contribution in [-0.4, -0.2) is 25.7 Å². The number of amides is 2. The fraction of sp³-hybridized carbons (Fsp3) is 0.167. The minimum Gasteiger partial charge on any atom is -0.468 e. The zero-order chi connectivity index (χ0) is 13.4. The lowest BCUT2D eigenvalue weighted by Gasteiger charge is -2.03. The minimum absolute atomic E-state index is 0.162. The van der Waals surface area contributed by atoms with Gasteiger partial charge in [0.05, 0.1) is 7.11 Å². The number of esters is 1. The Hall–Kier alpha value is -1.82. The van der Waals surface area contributed by atoms with Gasteiger partial charge >= 0.3 is 12.0 Å². The first-order chi connectivity index (χ1) is 8.63. The van der Waals surface area contributed by atoms with E-state index < -0.39 is 12.0 Å². The average molecular weight is 313 g/mol. The molecule has 0 heterocycles. The largest absolute Gasteiger partial charge is 0.468 e. The highest BCUT2D eigenvalue weighted by atomic mass is 79.9. The molecule has 1 aromatic carbocycles. The molecule has 18 heavy (non-hydrogen) atoms. The van der Waals surface area contributed by atoms with E-state index in [2.05, 4.69) is 31.3 Å². The maximum atomic E-state index is 11.2. The van der Waals surface area contributed by atoms with Crippen LogP contribution < -0.4 is 10.6 Å². The number of halogens is 1. The Morgan fingerprint density at radius 2 is 2.11 bits per heavy atom. The molecular formula is C12H13BrN2O3. The predicted molar refractivity (Wildman–Crippen MR) is 71.7 cm³/mol. The minimum atomic E-state index is -0.500. The van der Waals surface area contributed by atoms with Crippen molar-refractivity contribution in [3.8, 4) is 0 Å². The lowest BCUT2D eigenvalue weighted by Crippen LogP contribution is -2.36. The van der Waals surface area contributed by atoms with Crippen LogP contribution in [0.25, 0.3) is 6.08 Å². The van der Waals surface area contributed by atoms with Crippen molar-refractivity contribution in [3.05, 3.63) is 40.5 Å². The fourth-order valence-corrected chi connectivity index (χ4v) is 1.51. The summed E-state index contributed by atoms with van der Waals surface area (Å²) in [6.45, 7) is -0.162. The quantitative estimate of drug-likeness (QED) is 0.834. The van der Waals surface area contributed by atoms with Crippen molar-refractivity contribution in [1.82, 2.24) is 10.6 Å². The first kappa shape index (κ1) is 14.2. The Morgan fingerprint density at radius 3 is 2.78 bits per heavy atom. The molecule has 2 amide bonds. The van der Waals surface area contributed by atoms with Crippen molar-refractivity contribution in [2.45, 2.75) is 0 Å². The van der Waals surface area contributed by atoms with E-state index in [-0.39, 0.29) is 6.54 Å². The molecule has 0 fully saturated rings. The first-order valence-corrected chi connectivity index (χ1v) is 5.95. The maximum Gasteiger partial charge on any atom is 0.325 e. The van der Waals surface area contributed by atoms with Gasteiger partial charge in [-0.2, -0.15) is 0 Å². The predicted octanol–water partition coefficient (Wildman–Crippen LogP) is 1.89. The third-order valence-corrected chi connectivity index (χ3v) is 2.73. The van der Waals surface area contributed by atoms with Gasteiger partial charge < -0.3 is 15.4 Å². The van der Waals surface area contributed by atoms with Crippen LogP contribution in [0.15, 0.2) is 34.9 Å². The molecule has 0 aliphatic rings. The second-order valence-corrected chi connectivity index (χ2v) is 4.11. The molecule has 1 rings (SSSR count). The molecule has 2 N–H and O–H groups in total. The molecule has 0 unspecified atom stereocenters. The van der Waals surface area contributed by atoms with E-state index in [0.29, 0.717) is 0 Å². The van der Waals surface area contributed by atoms with Crippen LogP contribution in [0.5, 0.6) is 0 Å². The van der Waals surface area contributed by atoms with Crippen LogP contribution in [0.1, 0.15) is 5.56 Å². The second-order valence-electron chi connectivity index (χ2n) is 3.26. The number of urea groups is 1. The van der Waals surface area contributed by atoms with Crippen molar-refractivity contribution in [1.29, 1.82) is 0 Å². The van der Waals surface area contributed by atoms with E-state index >= 15 is 0 Å². The first-order valence-electron chi connectivity index (χ1n) is 5.15. The summed E-state index contributed by atoms with van der Waals surface area (Å²) in [4.78, 5) is 22.0. The van der Waals surface area contributed by atoms with Crippen LogP contribution in [0.3, 0.4) is 0 Å². The molecular weight excluding hydrogens is 300 g/mol. The number of carbonyl (C=O) groups is 2. The summed E-state index contributed by atoms with van der Waals surface area (Å²) in [5.41, 5.74) is 0.936. The molecule has 96 valence electrons. The highest BCUT2D eigenvalue weighted by Gasteiger charge is 2.02. The second kappa shape index (κ2) is 7.50. The normalized spacial score (nSPS) is 10.1. The number of methoxy groups -OCH3 is 1. The average Bonchev–Trinajstić information content (AvgIpc) is 2.38. The number of carbonyl (C=O) groups excluding carboxylic acids is 2. The molecule has 6 heteroatoms. The molecule has 0 radical (unpaired) electrons. The van der Waals surface area contributed by atoms with E-state index in [0.717, 1.165) is 10.0 Å². The summed E-state index contributed by atoms with van der Waals surface area (Å²) in [6.07, 6.45) is 3.23. The topological polar surface area (TPSA) is 67.4 Å². The lowest BCUT2D eigenvalue weighted by molar-refractivity contribution is -0.139. The van der Waals surface area contributed by atoms with Gasteiger partial charge in [0.25, 0.3) is 0 Å². The van der Waals surface area contributed by atoms with E-state index in [4.69, 9.17) is 0 Å². The van der Waals surface area contributed by atoms with Crippen molar-refractivity contribution < 1.29 is 14.3 Å². The number of rotatable bonds is 4. The van der Waals surface area contributed by atoms with Gasteiger partial charge in [-0.3, -0.25) is 4.79 Å². The van der Waals surface area contributed by atoms with E-state index in [1.54, 1.807) is 6.08 Å². The molecule has 0 saturated heterocycles. The van der Waals surface area contributed by atoms with E-state index in [1.807, 2.05) is 24.3 Å². The SMILES string of the molecule is COC(=O)CNC(=O)N/C=C/c1ccccc1Br. The summed E-state index contributed by atoms with van der Waals surface area (Å²) >= 11 is 3.38. The zero-order valence-corrected chi connectivity index (χ0v) is 11.4. The van der Waals surface area contributed by atoms with Crippen molar-refractivity contribution in [2.24, 2.45) is 0 Å². The van der Waals surface area contributed by atoms with Gasteiger partial charge in [0.15, 0.2) is 0 Å². The summed E-state index contributed by atoms with van der Waals surface area (Å²) in [6, 6.07) is 7.12. The van der Waals surface area contributed by atoms with Gasteiger partial charge in [-0.15, -0.1) is 0 Å². The van der Waals surface area contributed by atoms with Crippen molar-refractivity contribution >= 4 is 34.0 Å². The molecule has 0 atom stereocenters. The molecule has 0 spiro atoms. The Labute approximate surface area is 113 Å². The van der Waals surface area contributed by atoms with Gasteiger partial charge in [0.2, 0.25) is 0 Å². The van der Waals surface area contributed by atoms with Gasteiger partial charge in [-0.25, -0.2) is 4.79 Å².